The monoisotopic (exact) mass is 312 g/mol. The van der Waals surface area contributed by atoms with Crippen molar-refractivity contribution < 1.29 is 0 Å². The molecule has 2 nitrogen and oxygen atoms in total. The Morgan fingerprint density at radius 2 is 1.94 bits per heavy atom. The minimum atomic E-state index is 0.352. The van der Waals surface area contributed by atoms with Crippen LogP contribution in [-0.4, -0.2) is 4.98 Å². The minimum Gasteiger partial charge on any atom is -0.348 e. The predicted molar refractivity (Wildman–Crippen MR) is 76.7 cm³/mol. The van der Waals surface area contributed by atoms with E-state index in [1.54, 1.807) is 0 Å². The molecule has 1 N–H and O–H groups in total. The topological polar surface area (TPSA) is 39.6 Å². The average Bonchev–Trinajstić information content (AvgIpc) is 2.22. The summed E-state index contributed by atoms with van der Waals surface area (Å²) < 4.78 is 1.56. The van der Waals surface area contributed by atoms with Gasteiger partial charge >= 0.3 is 0 Å². The Labute approximate surface area is 116 Å². The molecule has 0 saturated heterocycles. The molecule has 0 aromatic carbocycles. The Bertz CT molecular complexity index is 509. The Morgan fingerprint density at radius 1 is 1.35 bits per heavy atom. The first kappa shape index (κ1) is 14.4. The van der Waals surface area contributed by atoms with E-state index >= 15 is 0 Å². The second kappa shape index (κ2) is 5.79. The van der Waals surface area contributed by atoms with E-state index in [4.69, 9.17) is 12.2 Å². The van der Waals surface area contributed by atoms with Crippen molar-refractivity contribution in [3.8, 4) is 6.07 Å². The molecule has 1 heterocycles. The Hall–Kier alpha value is -0.660. The van der Waals surface area contributed by atoms with E-state index in [2.05, 4.69) is 54.7 Å². The van der Waals surface area contributed by atoms with Crippen LogP contribution in [0.3, 0.4) is 0 Å². The van der Waals surface area contributed by atoms with E-state index in [9.17, 15) is 5.26 Å². The third kappa shape index (κ3) is 3.17. The summed E-state index contributed by atoms with van der Waals surface area (Å²) in [6.45, 7) is 8.50. The fourth-order valence-electron chi connectivity index (χ4n) is 1.76. The fourth-order valence-corrected chi connectivity index (χ4v) is 2.96. The van der Waals surface area contributed by atoms with Gasteiger partial charge in [-0.1, -0.05) is 39.9 Å². The van der Waals surface area contributed by atoms with Gasteiger partial charge in [-0.05, 0) is 39.8 Å². The van der Waals surface area contributed by atoms with Crippen LogP contribution >= 0.6 is 28.1 Å². The van der Waals surface area contributed by atoms with E-state index in [-0.39, 0.29) is 0 Å². The maximum atomic E-state index is 9.21. The maximum absolute atomic E-state index is 9.21. The minimum absolute atomic E-state index is 0.352. The van der Waals surface area contributed by atoms with Gasteiger partial charge in [0, 0.05) is 10.2 Å². The van der Waals surface area contributed by atoms with Crippen LogP contribution in [-0.2, 0) is 6.42 Å². The highest BCUT2D eigenvalue weighted by atomic mass is 79.9. The van der Waals surface area contributed by atoms with Crippen LogP contribution in [0.2, 0.25) is 0 Å². The molecule has 0 amide bonds. The van der Waals surface area contributed by atoms with Crippen LogP contribution in [0.15, 0.2) is 4.47 Å². The molecule has 1 rings (SSSR count). The molecule has 0 aliphatic heterocycles. The van der Waals surface area contributed by atoms with Gasteiger partial charge in [-0.25, -0.2) is 0 Å². The molecule has 0 aliphatic carbocycles. The quantitative estimate of drug-likeness (QED) is 0.822. The summed E-state index contributed by atoms with van der Waals surface area (Å²) in [6.07, 6.45) is 0.863. The van der Waals surface area contributed by atoms with Crippen LogP contribution in [0.5, 0.6) is 0 Å². The van der Waals surface area contributed by atoms with Crippen molar-refractivity contribution in [3.63, 3.8) is 0 Å². The van der Waals surface area contributed by atoms with Gasteiger partial charge in [-0.3, -0.25) is 0 Å². The summed E-state index contributed by atoms with van der Waals surface area (Å²) in [5.41, 5.74) is 2.71. The van der Waals surface area contributed by atoms with Crippen molar-refractivity contribution in [2.45, 2.75) is 40.0 Å². The normalized spacial score (nSPS) is 10.9. The van der Waals surface area contributed by atoms with Gasteiger partial charge in [0.1, 0.15) is 10.7 Å². The highest BCUT2D eigenvalue weighted by Crippen LogP contribution is 2.30. The molecule has 4 heteroatoms. The number of aromatic amines is 1. The average molecular weight is 313 g/mol. The van der Waals surface area contributed by atoms with Crippen molar-refractivity contribution in [2.75, 3.05) is 0 Å². The first-order chi connectivity index (χ1) is 7.88. The van der Waals surface area contributed by atoms with Crippen LogP contribution in [0, 0.1) is 21.9 Å². The number of nitriles is 1. The van der Waals surface area contributed by atoms with Crippen molar-refractivity contribution >= 4 is 28.1 Å². The van der Waals surface area contributed by atoms with Crippen molar-refractivity contribution in [1.29, 1.82) is 5.26 Å². The largest absolute Gasteiger partial charge is 0.348 e. The lowest BCUT2D eigenvalue weighted by atomic mass is 9.97. The number of nitrogens with zero attached hydrogens (tertiary/aromatic N) is 1. The number of aromatic nitrogens is 1. The van der Waals surface area contributed by atoms with Crippen LogP contribution in [0.4, 0.5) is 0 Å². The molecule has 17 heavy (non-hydrogen) atoms. The van der Waals surface area contributed by atoms with Gasteiger partial charge < -0.3 is 4.98 Å². The highest BCUT2D eigenvalue weighted by Gasteiger charge is 2.16. The molecule has 92 valence electrons. The Kier molecular flexibility index (Phi) is 4.91. The zero-order valence-electron chi connectivity index (χ0n) is 10.6. The van der Waals surface area contributed by atoms with Gasteiger partial charge in [-0.15, -0.1) is 0 Å². The maximum Gasteiger partial charge on any atom is 0.121 e. The molecule has 0 aliphatic rings. The summed E-state index contributed by atoms with van der Waals surface area (Å²) in [7, 11) is 0. The number of H-pyrrole nitrogens is 1. The SMILES string of the molecule is CC(C)Cc1c(Br)c(C(C)C)[nH]c(=S)c1C#N. The van der Waals surface area contributed by atoms with E-state index in [1.165, 1.54) is 0 Å². The predicted octanol–water partition coefficient (Wildman–Crippen LogP) is 4.70. The van der Waals surface area contributed by atoms with Crippen LogP contribution in [0.25, 0.3) is 0 Å². The molecule has 0 bridgehead atoms. The third-order valence-corrected chi connectivity index (χ3v) is 3.79. The first-order valence-electron chi connectivity index (χ1n) is 5.73. The second-order valence-electron chi connectivity index (χ2n) is 4.90. The number of halogens is 1. The molecule has 1 aromatic heterocycles. The lowest BCUT2D eigenvalue weighted by molar-refractivity contribution is 0.640. The lowest BCUT2D eigenvalue weighted by Gasteiger charge is -2.16. The van der Waals surface area contributed by atoms with E-state index < -0.39 is 0 Å². The zero-order valence-corrected chi connectivity index (χ0v) is 13.0. The van der Waals surface area contributed by atoms with E-state index in [0.717, 1.165) is 22.2 Å². The number of hydrogen-bond acceptors (Lipinski definition) is 2. The number of hydrogen-bond donors (Lipinski definition) is 1. The molecule has 0 spiro atoms. The van der Waals surface area contributed by atoms with Crippen molar-refractivity contribution in [1.82, 2.24) is 4.98 Å². The molecular formula is C13H17BrN2S. The first-order valence-corrected chi connectivity index (χ1v) is 6.93. The molecular weight excluding hydrogens is 296 g/mol. The van der Waals surface area contributed by atoms with Gasteiger partial charge in [0.25, 0.3) is 0 Å². The summed E-state index contributed by atoms with van der Waals surface area (Å²) in [5.74, 6) is 0.847. The van der Waals surface area contributed by atoms with Crippen LogP contribution in [0.1, 0.15) is 50.4 Å². The van der Waals surface area contributed by atoms with Gasteiger partial charge in [0.2, 0.25) is 0 Å². The number of pyridine rings is 1. The number of rotatable bonds is 3. The van der Waals surface area contributed by atoms with E-state index in [1.807, 2.05) is 0 Å². The van der Waals surface area contributed by atoms with Gasteiger partial charge in [0.05, 0.1) is 5.56 Å². The molecule has 0 radical (unpaired) electrons. The molecule has 0 unspecified atom stereocenters. The van der Waals surface area contributed by atoms with Gasteiger partial charge in [0.15, 0.2) is 0 Å². The Morgan fingerprint density at radius 3 is 2.35 bits per heavy atom. The smallest absolute Gasteiger partial charge is 0.121 e. The summed E-state index contributed by atoms with van der Waals surface area (Å²) in [5, 5.41) is 9.21. The number of nitrogens with one attached hydrogen (secondary N) is 1. The molecule has 1 aromatic rings. The fraction of sp³-hybridized carbons (Fsp3) is 0.538. The summed E-state index contributed by atoms with van der Waals surface area (Å²) in [6, 6.07) is 2.21. The van der Waals surface area contributed by atoms with E-state index in [0.29, 0.717) is 22.0 Å². The highest BCUT2D eigenvalue weighted by molar-refractivity contribution is 9.10. The van der Waals surface area contributed by atoms with Crippen molar-refractivity contribution in [3.05, 3.63) is 25.9 Å². The van der Waals surface area contributed by atoms with Crippen LogP contribution < -0.4 is 0 Å². The molecule has 0 atom stereocenters. The molecule has 0 fully saturated rings. The van der Waals surface area contributed by atoms with Gasteiger partial charge in [-0.2, -0.15) is 5.26 Å². The third-order valence-electron chi connectivity index (χ3n) is 2.58. The standard InChI is InChI=1S/C13H17BrN2S/c1-7(2)5-9-10(6-15)13(17)16-12(8(3)4)11(9)14/h7-8H,5H2,1-4H3,(H,16,17). The lowest BCUT2D eigenvalue weighted by Crippen LogP contribution is -2.06. The molecule has 0 saturated carbocycles. The van der Waals surface area contributed by atoms with Crippen molar-refractivity contribution in [2.24, 2.45) is 5.92 Å². The Balaban J connectivity index is 3.53. The zero-order chi connectivity index (χ0) is 13.2. The summed E-state index contributed by atoms with van der Waals surface area (Å²) >= 11 is 8.87. The second-order valence-corrected chi connectivity index (χ2v) is 6.10. The summed E-state index contributed by atoms with van der Waals surface area (Å²) in [4.78, 5) is 3.15.